The maximum Gasteiger partial charge on any atom is 0.0641 e. The highest BCUT2D eigenvalue weighted by Gasteiger charge is 2.38. The number of piperidine rings is 1. The molecule has 0 amide bonds. The van der Waals surface area contributed by atoms with Crippen molar-refractivity contribution in [1.29, 1.82) is 0 Å². The Morgan fingerprint density at radius 3 is 3.12 bits per heavy atom. The number of hydrogen-bond donors (Lipinski definition) is 2. The number of benzene rings is 1. The van der Waals surface area contributed by atoms with Gasteiger partial charge in [0.2, 0.25) is 0 Å². The molecule has 0 aliphatic carbocycles. The lowest BCUT2D eigenvalue weighted by Crippen LogP contribution is -2.51. The molecule has 0 aromatic heterocycles. The number of nitrogens with zero attached hydrogens (tertiary/aromatic N) is 1. The van der Waals surface area contributed by atoms with Crippen molar-refractivity contribution in [2.75, 3.05) is 25.5 Å². The van der Waals surface area contributed by atoms with Crippen LogP contribution in [0.3, 0.4) is 0 Å². The van der Waals surface area contributed by atoms with E-state index in [2.05, 4.69) is 23.3 Å². The van der Waals surface area contributed by atoms with Gasteiger partial charge in [-0.2, -0.15) is 0 Å². The predicted octanol–water partition coefficient (Wildman–Crippen LogP) is 2.09. The van der Waals surface area contributed by atoms with E-state index in [1.807, 2.05) is 12.1 Å². The van der Waals surface area contributed by atoms with Gasteiger partial charge in [0.05, 0.1) is 10.7 Å². The van der Waals surface area contributed by atoms with E-state index in [9.17, 15) is 0 Å². The van der Waals surface area contributed by atoms with Gasteiger partial charge in [0.1, 0.15) is 0 Å². The zero-order chi connectivity index (χ0) is 12.0. The Morgan fingerprint density at radius 2 is 2.29 bits per heavy atom. The highest BCUT2D eigenvalue weighted by molar-refractivity contribution is 6.33. The maximum atomic E-state index is 6.41. The Bertz CT molecular complexity index is 435. The highest BCUT2D eigenvalue weighted by atomic mass is 35.5. The van der Waals surface area contributed by atoms with Crippen LogP contribution in [0.15, 0.2) is 18.2 Å². The van der Waals surface area contributed by atoms with Crippen molar-refractivity contribution in [2.24, 2.45) is 11.7 Å². The Balaban J connectivity index is 1.99. The molecule has 92 valence electrons. The number of fused-ring (bicyclic) bond motifs is 2. The topological polar surface area (TPSA) is 41.3 Å². The quantitative estimate of drug-likeness (QED) is 0.742. The van der Waals surface area contributed by atoms with Crippen molar-refractivity contribution in [3.8, 4) is 0 Å². The molecule has 3 atom stereocenters. The van der Waals surface area contributed by atoms with Crippen molar-refractivity contribution in [3.05, 3.63) is 28.8 Å². The monoisotopic (exact) mass is 251 g/mol. The summed E-state index contributed by atoms with van der Waals surface area (Å²) >= 11 is 6.24. The van der Waals surface area contributed by atoms with Crippen molar-refractivity contribution >= 4 is 17.3 Å². The molecular weight excluding hydrogens is 234 g/mol. The van der Waals surface area contributed by atoms with Gasteiger partial charge in [-0.05, 0) is 31.6 Å². The summed E-state index contributed by atoms with van der Waals surface area (Å²) in [7, 11) is 2.16. The second kappa shape index (κ2) is 4.16. The van der Waals surface area contributed by atoms with E-state index in [0.29, 0.717) is 12.0 Å². The first kappa shape index (κ1) is 11.3. The van der Waals surface area contributed by atoms with Gasteiger partial charge in [0.25, 0.3) is 0 Å². The molecule has 3 unspecified atom stereocenters. The fourth-order valence-electron chi connectivity index (χ4n) is 3.08. The molecule has 0 spiro atoms. The fraction of sp³-hybridized carbons (Fsp3) is 0.538. The van der Waals surface area contributed by atoms with Crippen LogP contribution in [0, 0.1) is 5.92 Å². The van der Waals surface area contributed by atoms with Gasteiger partial charge in [-0.3, -0.25) is 0 Å². The predicted molar refractivity (Wildman–Crippen MR) is 71.4 cm³/mol. The van der Waals surface area contributed by atoms with Crippen LogP contribution >= 0.6 is 11.6 Å². The van der Waals surface area contributed by atoms with Crippen molar-refractivity contribution in [3.63, 3.8) is 0 Å². The standard InChI is InChI=1S/C13H18ClN3/c1-17-6-5-11-9(7-17)12(15)8-3-2-4-10(14)13(8)16-11/h2-4,9,11-12,16H,5-7,15H2,1H3. The van der Waals surface area contributed by atoms with Crippen molar-refractivity contribution in [1.82, 2.24) is 4.90 Å². The van der Waals surface area contributed by atoms with Gasteiger partial charge >= 0.3 is 0 Å². The first-order chi connectivity index (χ1) is 8.16. The van der Waals surface area contributed by atoms with Gasteiger partial charge in [-0.1, -0.05) is 23.7 Å². The molecule has 2 heterocycles. The van der Waals surface area contributed by atoms with E-state index >= 15 is 0 Å². The summed E-state index contributed by atoms with van der Waals surface area (Å²) in [6.07, 6.45) is 1.14. The molecule has 3 rings (SSSR count). The molecule has 1 saturated heterocycles. The number of anilines is 1. The van der Waals surface area contributed by atoms with Gasteiger partial charge in [-0.15, -0.1) is 0 Å². The number of nitrogens with two attached hydrogens (primary N) is 1. The lowest BCUT2D eigenvalue weighted by Gasteiger charge is -2.45. The Kier molecular flexibility index (Phi) is 2.77. The lowest BCUT2D eigenvalue weighted by atomic mass is 9.79. The SMILES string of the molecule is CN1CCC2Nc3c(Cl)cccc3C(N)C2C1. The summed E-state index contributed by atoms with van der Waals surface area (Å²) in [5.74, 6) is 0.486. The van der Waals surface area contributed by atoms with Gasteiger partial charge in [-0.25, -0.2) is 0 Å². The van der Waals surface area contributed by atoms with Crippen LogP contribution in [-0.2, 0) is 0 Å². The normalized spacial score (nSPS) is 32.5. The average molecular weight is 252 g/mol. The van der Waals surface area contributed by atoms with E-state index in [1.54, 1.807) is 0 Å². The number of para-hydroxylation sites is 1. The summed E-state index contributed by atoms with van der Waals surface area (Å²) in [6, 6.07) is 6.56. The highest BCUT2D eigenvalue weighted by Crippen LogP contribution is 2.41. The zero-order valence-electron chi connectivity index (χ0n) is 9.99. The third-order valence-corrected chi connectivity index (χ3v) is 4.37. The van der Waals surface area contributed by atoms with Crippen LogP contribution in [-0.4, -0.2) is 31.1 Å². The molecule has 0 saturated carbocycles. The number of likely N-dealkylation sites (tertiary alicyclic amines) is 1. The molecular formula is C13H18ClN3. The summed E-state index contributed by atoms with van der Waals surface area (Å²) in [4.78, 5) is 2.36. The molecule has 0 bridgehead atoms. The van der Waals surface area contributed by atoms with Gasteiger partial charge < -0.3 is 16.0 Å². The summed E-state index contributed by atoms with van der Waals surface area (Å²) in [5.41, 5.74) is 8.62. The molecule has 2 aliphatic heterocycles. The second-order valence-electron chi connectivity index (χ2n) is 5.20. The first-order valence-corrected chi connectivity index (χ1v) is 6.53. The molecule has 17 heavy (non-hydrogen) atoms. The number of hydrogen-bond acceptors (Lipinski definition) is 3. The van der Waals surface area contributed by atoms with Crippen LogP contribution in [0.5, 0.6) is 0 Å². The third kappa shape index (κ3) is 1.82. The van der Waals surface area contributed by atoms with E-state index in [-0.39, 0.29) is 6.04 Å². The van der Waals surface area contributed by atoms with E-state index < -0.39 is 0 Å². The van der Waals surface area contributed by atoms with Crippen LogP contribution in [0.25, 0.3) is 0 Å². The molecule has 1 fully saturated rings. The molecule has 4 heteroatoms. The minimum Gasteiger partial charge on any atom is -0.380 e. The number of nitrogens with one attached hydrogen (secondary N) is 1. The Labute approximate surface area is 107 Å². The number of rotatable bonds is 0. The van der Waals surface area contributed by atoms with Gasteiger partial charge in [0.15, 0.2) is 0 Å². The maximum absolute atomic E-state index is 6.41. The Morgan fingerprint density at radius 1 is 1.47 bits per heavy atom. The first-order valence-electron chi connectivity index (χ1n) is 6.16. The molecule has 3 N–H and O–H groups in total. The molecule has 1 aromatic rings. The van der Waals surface area contributed by atoms with E-state index in [0.717, 1.165) is 35.8 Å². The average Bonchev–Trinajstić information content (AvgIpc) is 2.32. The van der Waals surface area contributed by atoms with Crippen molar-refractivity contribution in [2.45, 2.75) is 18.5 Å². The Hall–Kier alpha value is -0.770. The van der Waals surface area contributed by atoms with E-state index in [4.69, 9.17) is 17.3 Å². The van der Waals surface area contributed by atoms with Crippen molar-refractivity contribution < 1.29 is 0 Å². The van der Waals surface area contributed by atoms with E-state index in [1.165, 1.54) is 0 Å². The molecule has 3 nitrogen and oxygen atoms in total. The second-order valence-corrected chi connectivity index (χ2v) is 5.60. The molecule has 0 radical (unpaired) electrons. The van der Waals surface area contributed by atoms with Crippen LogP contribution < -0.4 is 11.1 Å². The zero-order valence-corrected chi connectivity index (χ0v) is 10.7. The summed E-state index contributed by atoms with van der Waals surface area (Å²) in [5, 5.41) is 4.37. The van der Waals surface area contributed by atoms with Crippen LogP contribution in [0.4, 0.5) is 5.69 Å². The minimum absolute atomic E-state index is 0.0951. The fourth-order valence-corrected chi connectivity index (χ4v) is 3.32. The number of halogens is 1. The summed E-state index contributed by atoms with van der Waals surface area (Å²) in [6.45, 7) is 2.19. The molecule has 2 aliphatic rings. The molecule has 1 aromatic carbocycles. The van der Waals surface area contributed by atoms with Gasteiger partial charge in [0, 0.05) is 24.5 Å². The minimum atomic E-state index is 0.0951. The third-order valence-electron chi connectivity index (χ3n) is 4.06. The van der Waals surface area contributed by atoms with Crippen LogP contribution in [0.2, 0.25) is 5.02 Å². The lowest BCUT2D eigenvalue weighted by molar-refractivity contribution is 0.168. The summed E-state index contributed by atoms with van der Waals surface area (Å²) < 4.78 is 0. The smallest absolute Gasteiger partial charge is 0.0641 e. The largest absolute Gasteiger partial charge is 0.380 e. The van der Waals surface area contributed by atoms with Crippen LogP contribution in [0.1, 0.15) is 18.0 Å².